The van der Waals surface area contributed by atoms with E-state index in [1.807, 2.05) is 30.3 Å². The van der Waals surface area contributed by atoms with Gasteiger partial charge < -0.3 is 10.3 Å². The van der Waals surface area contributed by atoms with E-state index >= 15 is 0 Å². The summed E-state index contributed by atoms with van der Waals surface area (Å²) < 4.78 is 3.46. The first-order chi connectivity index (χ1) is 15.0. The maximum Gasteiger partial charge on any atom is 0.249 e. The van der Waals surface area contributed by atoms with Gasteiger partial charge in [0.25, 0.3) is 0 Å². The fraction of sp³-hybridized carbons (Fsp3) is 0.0385. The summed E-state index contributed by atoms with van der Waals surface area (Å²) in [6, 6.07) is 28.4. The lowest BCUT2D eigenvalue weighted by Crippen LogP contribution is -2.11. The molecule has 0 aliphatic heterocycles. The molecule has 0 spiro atoms. The SMILES string of the molecule is NC(=O)c1cccc2c1c1ccc(-c3ccc(Cl)cc3)cc1n2Cc1ccc(I)cc1. The number of nitrogens with two attached hydrogens (primary N) is 1. The number of primary amides is 1. The van der Waals surface area contributed by atoms with Crippen LogP contribution in [0, 0.1) is 3.57 Å². The number of rotatable bonds is 4. The van der Waals surface area contributed by atoms with Crippen LogP contribution in [0.4, 0.5) is 0 Å². The third-order valence-corrected chi connectivity index (χ3v) is 6.56. The highest BCUT2D eigenvalue weighted by atomic mass is 127. The standard InChI is InChI=1S/C26H18ClIN2O/c27-19-9-6-17(7-10-19)18-8-13-21-24(14-18)30(15-16-4-11-20(28)12-5-16)23-3-1-2-22(25(21)23)26(29)31/h1-14H,15H2,(H2,29,31). The predicted molar refractivity (Wildman–Crippen MR) is 137 cm³/mol. The zero-order valence-electron chi connectivity index (χ0n) is 16.5. The van der Waals surface area contributed by atoms with Crippen molar-refractivity contribution in [1.82, 2.24) is 4.57 Å². The molecule has 152 valence electrons. The van der Waals surface area contributed by atoms with Gasteiger partial charge in [0.15, 0.2) is 0 Å². The summed E-state index contributed by atoms with van der Waals surface area (Å²) >= 11 is 8.38. The Morgan fingerprint density at radius 1 is 0.871 bits per heavy atom. The quantitative estimate of drug-likeness (QED) is 0.251. The Labute approximate surface area is 198 Å². The Bertz CT molecular complexity index is 1440. The van der Waals surface area contributed by atoms with Gasteiger partial charge in [-0.05, 0) is 81.7 Å². The highest BCUT2D eigenvalue weighted by molar-refractivity contribution is 14.1. The van der Waals surface area contributed by atoms with Crippen molar-refractivity contribution < 1.29 is 4.79 Å². The number of fused-ring (bicyclic) bond motifs is 3. The van der Waals surface area contributed by atoms with E-state index in [9.17, 15) is 4.79 Å². The molecule has 0 bridgehead atoms. The van der Waals surface area contributed by atoms with Crippen LogP contribution < -0.4 is 5.73 Å². The van der Waals surface area contributed by atoms with Gasteiger partial charge in [-0.15, -0.1) is 0 Å². The third kappa shape index (κ3) is 3.70. The van der Waals surface area contributed by atoms with Crippen molar-refractivity contribution in [3.05, 3.63) is 105 Å². The van der Waals surface area contributed by atoms with Crippen molar-refractivity contribution >= 4 is 61.9 Å². The number of halogens is 2. The van der Waals surface area contributed by atoms with Crippen LogP contribution in [0.1, 0.15) is 15.9 Å². The highest BCUT2D eigenvalue weighted by Gasteiger charge is 2.17. The summed E-state index contributed by atoms with van der Waals surface area (Å²) in [7, 11) is 0. The van der Waals surface area contributed by atoms with E-state index in [2.05, 4.69) is 75.7 Å². The van der Waals surface area contributed by atoms with E-state index in [-0.39, 0.29) is 0 Å². The van der Waals surface area contributed by atoms with Crippen LogP contribution >= 0.6 is 34.2 Å². The zero-order valence-corrected chi connectivity index (χ0v) is 19.4. The number of carbonyl (C=O) groups excluding carboxylic acids is 1. The summed E-state index contributed by atoms with van der Waals surface area (Å²) in [5.74, 6) is -0.416. The number of nitrogens with zero attached hydrogens (tertiary/aromatic N) is 1. The Morgan fingerprint density at radius 2 is 1.58 bits per heavy atom. The van der Waals surface area contributed by atoms with Crippen LogP contribution in [0.5, 0.6) is 0 Å². The van der Waals surface area contributed by atoms with E-state index in [0.717, 1.165) is 32.9 Å². The van der Waals surface area contributed by atoms with Crippen LogP contribution in [0.15, 0.2) is 84.9 Å². The summed E-state index contributed by atoms with van der Waals surface area (Å²) in [6.07, 6.45) is 0. The molecule has 4 aromatic carbocycles. The molecule has 0 radical (unpaired) electrons. The lowest BCUT2D eigenvalue weighted by atomic mass is 10.0. The van der Waals surface area contributed by atoms with Crippen LogP contribution in [0.2, 0.25) is 5.02 Å². The minimum Gasteiger partial charge on any atom is -0.366 e. The molecule has 0 saturated carbocycles. The first-order valence-electron chi connectivity index (χ1n) is 9.86. The normalized spacial score (nSPS) is 11.3. The topological polar surface area (TPSA) is 48.0 Å². The second-order valence-electron chi connectivity index (χ2n) is 7.52. The molecule has 1 heterocycles. The lowest BCUT2D eigenvalue weighted by Gasteiger charge is -2.10. The highest BCUT2D eigenvalue weighted by Crippen LogP contribution is 2.35. The maximum atomic E-state index is 12.2. The molecule has 0 saturated heterocycles. The van der Waals surface area contributed by atoms with Gasteiger partial charge in [-0.25, -0.2) is 0 Å². The van der Waals surface area contributed by atoms with Gasteiger partial charge in [0.1, 0.15) is 0 Å². The average molecular weight is 537 g/mol. The largest absolute Gasteiger partial charge is 0.366 e. The van der Waals surface area contributed by atoms with Crippen molar-refractivity contribution in [2.24, 2.45) is 5.73 Å². The molecule has 0 atom stereocenters. The third-order valence-electron chi connectivity index (χ3n) is 5.59. The van der Waals surface area contributed by atoms with Crippen LogP contribution in [0.25, 0.3) is 32.9 Å². The van der Waals surface area contributed by atoms with Crippen molar-refractivity contribution in [3.8, 4) is 11.1 Å². The van der Waals surface area contributed by atoms with Crippen LogP contribution in [-0.2, 0) is 6.54 Å². The summed E-state index contributed by atoms with van der Waals surface area (Å²) in [5, 5.41) is 2.63. The first-order valence-corrected chi connectivity index (χ1v) is 11.3. The van der Waals surface area contributed by atoms with Gasteiger partial charge >= 0.3 is 0 Å². The Kier molecular flexibility index (Phi) is 5.20. The molecular formula is C26H18ClIN2O. The molecule has 5 aromatic rings. The van der Waals surface area contributed by atoms with E-state index in [1.165, 1.54) is 9.13 Å². The molecule has 5 heteroatoms. The van der Waals surface area contributed by atoms with Gasteiger partial charge in [0, 0.05) is 31.5 Å². The molecule has 0 aliphatic carbocycles. The van der Waals surface area contributed by atoms with Gasteiger partial charge in [-0.3, -0.25) is 4.79 Å². The summed E-state index contributed by atoms with van der Waals surface area (Å²) in [6.45, 7) is 0.698. The van der Waals surface area contributed by atoms with Crippen molar-refractivity contribution in [2.45, 2.75) is 6.54 Å². The zero-order chi connectivity index (χ0) is 21.5. The van der Waals surface area contributed by atoms with E-state index < -0.39 is 5.91 Å². The van der Waals surface area contributed by atoms with Crippen molar-refractivity contribution in [2.75, 3.05) is 0 Å². The molecular weight excluding hydrogens is 519 g/mol. The molecule has 1 amide bonds. The fourth-order valence-corrected chi connectivity index (χ4v) is 4.60. The monoisotopic (exact) mass is 536 g/mol. The minimum atomic E-state index is -0.416. The van der Waals surface area contributed by atoms with Crippen molar-refractivity contribution in [1.29, 1.82) is 0 Å². The Morgan fingerprint density at radius 3 is 2.29 bits per heavy atom. The lowest BCUT2D eigenvalue weighted by molar-refractivity contribution is 0.100. The predicted octanol–water partition coefficient (Wildman–Crippen LogP) is 6.87. The first kappa shape index (κ1) is 20.1. The van der Waals surface area contributed by atoms with Crippen LogP contribution in [0.3, 0.4) is 0 Å². The van der Waals surface area contributed by atoms with Crippen LogP contribution in [-0.4, -0.2) is 10.5 Å². The smallest absolute Gasteiger partial charge is 0.249 e. The minimum absolute atomic E-state index is 0.416. The fourth-order valence-electron chi connectivity index (χ4n) is 4.11. The second-order valence-corrected chi connectivity index (χ2v) is 9.20. The van der Waals surface area contributed by atoms with E-state index in [1.54, 1.807) is 6.07 Å². The number of aromatic nitrogens is 1. The average Bonchev–Trinajstić information content (AvgIpc) is 3.09. The summed E-state index contributed by atoms with van der Waals surface area (Å²) in [4.78, 5) is 12.2. The Hall–Kier alpha value is -2.83. The van der Waals surface area contributed by atoms with Gasteiger partial charge in [-0.1, -0.05) is 54.1 Å². The molecule has 31 heavy (non-hydrogen) atoms. The summed E-state index contributed by atoms with van der Waals surface area (Å²) in [5.41, 5.74) is 11.7. The second kappa shape index (κ2) is 8.02. The molecule has 0 aliphatic rings. The number of carbonyl (C=O) groups is 1. The number of benzene rings is 4. The number of hydrogen-bond donors (Lipinski definition) is 1. The molecule has 2 N–H and O–H groups in total. The number of amides is 1. The van der Waals surface area contributed by atoms with Crippen molar-refractivity contribution in [3.63, 3.8) is 0 Å². The molecule has 5 rings (SSSR count). The molecule has 0 fully saturated rings. The Balaban J connectivity index is 1.78. The van der Waals surface area contributed by atoms with Gasteiger partial charge in [0.2, 0.25) is 5.91 Å². The van der Waals surface area contributed by atoms with E-state index in [0.29, 0.717) is 17.1 Å². The van der Waals surface area contributed by atoms with E-state index in [4.69, 9.17) is 17.3 Å². The van der Waals surface area contributed by atoms with Gasteiger partial charge in [0.05, 0.1) is 11.0 Å². The maximum absolute atomic E-state index is 12.2. The number of hydrogen-bond acceptors (Lipinski definition) is 1. The molecule has 0 unspecified atom stereocenters. The molecule has 3 nitrogen and oxygen atoms in total. The molecule has 1 aromatic heterocycles. The van der Waals surface area contributed by atoms with Gasteiger partial charge in [-0.2, -0.15) is 0 Å².